The second-order valence-electron chi connectivity index (χ2n) is 2.83. The van der Waals surface area contributed by atoms with Crippen LogP contribution < -0.4 is 11.1 Å². The minimum atomic E-state index is -1.10. The van der Waals surface area contributed by atoms with Crippen molar-refractivity contribution in [2.45, 2.75) is 19.4 Å². The van der Waals surface area contributed by atoms with E-state index in [0.717, 1.165) is 0 Å². The first-order chi connectivity index (χ1) is 7.06. The first kappa shape index (κ1) is 11.0. The van der Waals surface area contributed by atoms with Crippen molar-refractivity contribution in [3.05, 3.63) is 5.69 Å². The average Bonchev–Trinajstić information content (AvgIpc) is 2.60. The summed E-state index contributed by atoms with van der Waals surface area (Å²) in [6.45, 7) is 1.64. The molecule has 0 aliphatic rings. The van der Waals surface area contributed by atoms with Gasteiger partial charge in [0.15, 0.2) is 11.5 Å². The summed E-state index contributed by atoms with van der Waals surface area (Å²) < 4.78 is 0. The van der Waals surface area contributed by atoms with Gasteiger partial charge < -0.3 is 16.2 Å². The number of aliphatic carboxylic acids is 1. The minimum absolute atomic E-state index is 0.0623. The van der Waals surface area contributed by atoms with Crippen LogP contribution in [0.3, 0.4) is 0 Å². The number of rotatable bonds is 4. The van der Waals surface area contributed by atoms with Gasteiger partial charge in [0.25, 0.3) is 5.91 Å². The van der Waals surface area contributed by atoms with Crippen molar-refractivity contribution in [1.82, 2.24) is 20.7 Å². The van der Waals surface area contributed by atoms with Crippen molar-refractivity contribution >= 4 is 17.7 Å². The van der Waals surface area contributed by atoms with E-state index in [0.29, 0.717) is 0 Å². The molecule has 15 heavy (non-hydrogen) atoms. The Balaban J connectivity index is 2.71. The quantitative estimate of drug-likeness (QED) is 0.505. The number of nitrogens with one attached hydrogen (secondary N) is 2. The third-order valence-corrected chi connectivity index (χ3v) is 1.80. The first-order valence-corrected chi connectivity index (χ1v) is 4.26. The van der Waals surface area contributed by atoms with Gasteiger partial charge in [-0.2, -0.15) is 5.21 Å². The largest absolute Gasteiger partial charge is 0.480 e. The number of anilines is 1. The van der Waals surface area contributed by atoms with Gasteiger partial charge in [-0.05, 0) is 6.42 Å². The van der Waals surface area contributed by atoms with E-state index in [1.54, 1.807) is 6.92 Å². The SMILES string of the molecule is CCC(NC(=O)c1n[nH]nc1N)C(=O)O. The van der Waals surface area contributed by atoms with Crippen LogP contribution in [-0.2, 0) is 4.79 Å². The second-order valence-corrected chi connectivity index (χ2v) is 2.83. The van der Waals surface area contributed by atoms with E-state index in [9.17, 15) is 9.59 Å². The van der Waals surface area contributed by atoms with Gasteiger partial charge in [-0.3, -0.25) is 4.79 Å². The van der Waals surface area contributed by atoms with E-state index in [1.165, 1.54) is 0 Å². The topological polar surface area (TPSA) is 134 Å². The molecule has 0 aliphatic carbocycles. The molecule has 0 saturated heterocycles. The number of nitrogens with zero attached hydrogens (tertiary/aromatic N) is 2. The fourth-order valence-electron chi connectivity index (χ4n) is 0.971. The monoisotopic (exact) mass is 213 g/mol. The molecule has 1 heterocycles. The number of carbonyl (C=O) groups excluding carboxylic acids is 1. The van der Waals surface area contributed by atoms with Gasteiger partial charge in [0.05, 0.1) is 0 Å². The van der Waals surface area contributed by atoms with Gasteiger partial charge >= 0.3 is 5.97 Å². The fraction of sp³-hybridized carbons (Fsp3) is 0.429. The van der Waals surface area contributed by atoms with Gasteiger partial charge in [-0.1, -0.05) is 6.92 Å². The Morgan fingerprint density at radius 1 is 1.60 bits per heavy atom. The normalized spacial score (nSPS) is 12.1. The molecule has 5 N–H and O–H groups in total. The van der Waals surface area contributed by atoms with E-state index in [1.807, 2.05) is 0 Å². The summed E-state index contributed by atoms with van der Waals surface area (Å²) in [6.07, 6.45) is 0.277. The molecule has 0 radical (unpaired) electrons. The van der Waals surface area contributed by atoms with Crippen molar-refractivity contribution in [3.8, 4) is 0 Å². The smallest absolute Gasteiger partial charge is 0.326 e. The van der Waals surface area contributed by atoms with Crippen LogP contribution in [0.5, 0.6) is 0 Å². The molecule has 1 rings (SSSR count). The van der Waals surface area contributed by atoms with Crippen molar-refractivity contribution in [2.75, 3.05) is 5.73 Å². The predicted molar refractivity (Wildman–Crippen MR) is 50.0 cm³/mol. The maximum atomic E-state index is 11.4. The Kier molecular flexibility index (Phi) is 3.21. The summed E-state index contributed by atoms with van der Waals surface area (Å²) in [4.78, 5) is 22.1. The Bertz CT molecular complexity index is 374. The third kappa shape index (κ3) is 2.42. The summed E-state index contributed by atoms with van der Waals surface area (Å²) in [5.74, 6) is -1.82. The lowest BCUT2D eigenvalue weighted by atomic mass is 10.2. The number of amides is 1. The van der Waals surface area contributed by atoms with Crippen LogP contribution in [0, 0.1) is 0 Å². The van der Waals surface area contributed by atoms with Crippen LogP contribution in [0.4, 0.5) is 5.82 Å². The van der Waals surface area contributed by atoms with E-state index >= 15 is 0 Å². The molecule has 1 aromatic rings. The summed E-state index contributed by atoms with van der Waals surface area (Å²) in [6, 6.07) is -0.950. The number of carboxylic acids is 1. The number of carboxylic acid groups (broad SMARTS) is 1. The van der Waals surface area contributed by atoms with Crippen LogP contribution >= 0.6 is 0 Å². The number of carbonyl (C=O) groups is 2. The van der Waals surface area contributed by atoms with Crippen LogP contribution in [-0.4, -0.2) is 38.4 Å². The molecule has 1 atom stereocenters. The molecule has 0 saturated carbocycles. The number of nitrogens with two attached hydrogens (primary N) is 1. The van der Waals surface area contributed by atoms with E-state index in [2.05, 4.69) is 20.7 Å². The summed E-state index contributed by atoms with van der Waals surface area (Å²) in [5.41, 5.74) is 5.22. The lowest BCUT2D eigenvalue weighted by Crippen LogP contribution is -2.40. The molecule has 0 bridgehead atoms. The zero-order valence-electron chi connectivity index (χ0n) is 8.02. The van der Waals surface area contributed by atoms with Crippen molar-refractivity contribution in [2.24, 2.45) is 0 Å². The maximum absolute atomic E-state index is 11.4. The highest BCUT2D eigenvalue weighted by molar-refractivity contribution is 5.98. The van der Waals surface area contributed by atoms with Gasteiger partial charge in [0.2, 0.25) is 0 Å². The molecule has 1 amide bonds. The highest BCUT2D eigenvalue weighted by Gasteiger charge is 2.21. The number of nitrogen functional groups attached to an aromatic ring is 1. The highest BCUT2D eigenvalue weighted by atomic mass is 16.4. The Morgan fingerprint density at radius 2 is 2.27 bits per heavy atom. The highest BCUT2D eigenvalue weighted by Crippen LogP contribution is 2.02. The Labute approximate surface area is 84.8 Å². The lowest BCUT2D eigenvalue weighted by Gasteiger charge is -2.10. The molecule has 0 aromatic carbocycles. The van der Waals surface area contributed by atoms with Crippen LogP contribution in [0.25, 0.3) is 0 Å². The van der Waals surface area contributed by atoms with Gasteiger partial charge in [-0.25, -0.2) is 4.79 Å². The zero-order chi connectivity index (χ0) is 11.4. The minimum Gasteiger partial charge on any atom is -0.480 e. The summed E-state index contributed by atoms with van der Waals surface area (Å²) in [7, 11) is 0. The van der Waals surface area contributed by atoms with Crippen molar-refractivity contribution in [3.63, 3.8) is 0 Å². The third-order valence-electron chi connectivity index (χ3n) is 1.80. The number of aromatic amines is 1. The maximum Gasteiger partial charge on any atom is 0.326 e. The molecule has 0 spiro atoms. The van der Waals surface area contributed by atoms with Crippen LogP contribution in [0.2, 0.25) is 0 Å². The number of hydrogen-bond acceptors (Lipinski definition) is 5. The fourth-order valence-corrected chi connectivity index (χ4v) is 0.971. The number of aromatic nitrogens is 3. The molecule has 82 valence electrons. The summed E-state index contributed by atoms with van der Waals surface area (Å²) in [5, 5.41) is 20.1. The molecule has 1 unspecified atom stereocenters. The number of H-pyrrole nitrogens is 1. The molecule has 1 aromatic heterocycles. The van der Waals surface area contributed by atoms with Crippen LogP contribution in [0.1, 0.15) is 23.8 Å². The van der Waals surface area contributed by atoms with Gasteiger partial charge in [0.1, 0.15) is 6.04 Å². The summed E-state index contributed by atoms with van der Waals surface area (Å²) >= 11 is 0. The van der Waals surface area contributed by atoms with E-state index in [-0.39, 0.29) is 17.9 Å². The van der Waals surface area contributed by atoms with E-state index in [4.69, 9.17) is 10.8 Å². The predicted octanol–water partition coefficient (Wildman–Crippen LogP) is -1.02. The average molecular weight is 213 g/mol. The molecular formula is C7H11N5O3. The molecular weight excluding hydrogens is 202 g/mol. The van der Waals surface area contributed by atoms with Crippen molar-refractivity contribution < 1.29 is 14.7 Å². The molecule has 8 nitrogen and oxygen atoms in total. The Hall–Kier alpha value is -2.12. The Morgan fingerprint density at radius 3 is 2.67 bits per heavy atom. The molecule has 0 aliphatic heterocycles. The van der Waals surface area contributed by atoms with E-state index < -0.39 is 17.9 Å². The number of hydrogen-bond donors (Lipinski definition) is 4. The van der Waals surface area contributed by atoms with Gasteiger partial charge in [0, 0.05) is 0 Å². The van der Waals surface area contributed by atoms with Gasteiger partial charge in [-0.15, -0.1) is 10.2 Å². The molecule has 0 fully saturated rings. The zero-order valence-corrected chi connectivity index (χ0v) is 8.02. The second kappa shape index (κ2) is 4.40. The van der Waals surface area contributed by atoms with Crippen molar-refractivity contribution in [1.29, 1.82) is 0 Å². The molecule has 8 heteroatoms. The lowest BCUT2D eigenvalue weighted by molar-refractivity contribution is -0.139. The van der Waals surface area contributed by atoms with Crippen LogP contribution in [0.15, 0.2) is 0 Å². The first-order valence-electron chi connectivity index (χ1n) is 4.26. The standard InChI is InChI=1S/C7H11N5O3/c1-2-3(7(14)15)9-6(13)4-5(8)11-12-10-4/h3H,2H2,1H3,(H,9,13)(H,14,15)(H3,8,10,11,12).